The molecule has 0 aromatic carbocycles. The second kappa shape index (κ2) is 4.45. The molecule has 1 heterocycles. The van der Waals surface area contributed by atoms with Crippen LogP contribution in [0.15, 0.2) is 9.21 Å². The van der Waals surface area contributed by atoms with E-state index in [-0.39, 0.29) is 5.63 Å². The molecule has 0 N–H and O–H groups in total. The first-order valence-corrected chi connectivity index (χ1v) is 10.1. The lowest BCUT2D eigenvalue weighted by atomic mass is 9.90. The molecule has 1 aromatic rings. The molecule has 1 aromatic heterocycles. The van der Waals surface area contributed by atoms with Crippen molar-refractivity contribution < 1.29 is 4.42 Å². The average Bonchev–Trinajstić information content (AvgIpc) is 2.27. The van der Waals surface area contributed by atoms with Gasteiger partial charge in [-0.05, 0) is 43.2 Å². The molecule has 3 heteroatoms. The highest BCUT2D eigenvalue weighted by atomic mass is 28.3. The largest absolute Gasteiger partial charge is 0.433 e. The molecule has 0 atom stereocenters. The van der Waals surface area contributed by atoms with Gasteiger partial charge in [0.25, 0.3) is 0 Å². The van der Waals surface area contributed by atoms with Crippen molar-refractivity contribution in [3.63, 3.8) is 0 Å². The molecular formula is C14H22O2Si. The van der Waals surface area contributed by atoms with Crippen LogP contribution < -0.4 is 11.0 Å². The van der Waals surface area contributed by atoms with Crippen LogP contribution in [0.5, 0.6) is 0 Å². The van der Waals surface area contributed by atoms with Gasteiger partial charge in [-0.2, -0.15) is 0 Å². The molecule has 0 spiro atoms. The zero-order chi connectivity index (χ0) is 12.6. The smallest absolute Gasteiger partial charge is 0.338 e. The zero-order valence-corrected chi connectivity index (χ0v) is 12.4. The summed E-state index contributed by atoms with van der Waals surface area (Å²) in [5.74, 6) is 0. The third-order valence-corrected chi connectivity index (χ3v) is 5.35. The molecular weight excluding hydrogens is 228 g/mol. The molecule has 17 heavy (non-hydrogen) atoms. The van der Waals surface area contributed by atoms with Gasteiger partial charge < -0.3 is 4.42 Å². The predicted molar refractivity (Wildman–Crippen MR) is 74.0 cm³/mol. The molecule has 0 bridgehead atoms. The quantitative estimate of drug-likeness (QED) is 0.755. The maximum atomic E-state index is 12.0. The summed E-state index contributed by atoms with van der Waals surface area (Å²) in [5, 5.41) is 1.05. The predicted octanol–water partition coefficient (Wildman–Crippen LogP) is 2.63. The van der Waals surface area contributed by atoms with Crippen molar-refractivity contribution >= 4 is 13.5 Å². The summed E-state index contributed by atoms with van der Waals surface area (Å²) in [6, 6.07) is 0. The second-order valence-electron chi connectivity index (χ2n) is 5.96. The molecule has 0 saturated carbocycles. The molecule has 2 rings (SSSR count). The summed E-state index contributed by atoms with van der Waals surface area (Å²) < 4.78 is 5.67. The number of hydrogen-bond acceptors (Lipinski definition) is 2. The van der Waals surface area contributed by atoms with E-state index in [0.29, 0.717) is 0 Å². The summed E-state index contributed by atoms with van der Waals surface area (Å²) in [6.07, 6.45) is 5.43. The molecule has 0 saturated heterocycles. The molecule has 0 aliphatic heterocycles. The molecule has 0 amide bonds. The van der Waals surface area contributed by atoms with E-state index < -0.39 is 8.07 Å². The van der Waals surface area contributed by atoms with Crippen LogP contribution >= 0.6 is 0 Å². The Morgan fingerprint density at radius 2 is 1.71 bits per heavy atom. The Kier molecular flexibility index (Phi) is 3.30. The molecule has 0 unspecified atom stereocenters. The topological polar surface area (TPSA) is 30.2 Å². The summed E-state index contributed by atoms with van der Waals surface area (Å²) in [4.78, 5) is 12.0. The van der Waals surface area contributed by atoms with Crippen LogP contribution in [-0.4, -0.2) is 8.07 Å². The number of fused-ring (bicyclic) bond motifs is 1. The fourth-order valence-corrected chi connectivity index (χ4v) is 4.37. The molecule has 0 fully saturated rings. The standard InChI is InChI=1S/C14H22O2Si/c1-5-10-11-8-6-7-9-12(11)14(16-13(10)15)17(2,3)4/h5-9H2,1-4H3. The van der Waals surface area contributed by atoms with Gasteiger partial charge in [0.1, 0.15) is 8.07 Å². The van der Waals surface area contributed by atoms with Crippen LogP contribution in [0.3, 0.4) is 0 Å². The lowest BCUT2D eigenvalue weighted by Crippen LogP contribution is -2.44. The van der Waals surface area contributed by atoms with E-state index >= 15 is 0 Å². The van der Waals surface area contributed by atoms with Gasteiger partial charge in [0, 0.05) is 5.56 Å². The van der Waals surface area contributed by atoms with E-state index in [1.54, 1.807) is 0 Å². The number of hydrogen-bond donors (Lipinski definition) is 0. The Bertz CT molecular complexity index is 480. The van der Waals surface area contributed by atoms with Crippen LogP contribution in [0.1, 0.15) is 36.5 Å². The second-order valence-corrected chi connectivity index (χ2v) is 10.9. The van der Waals surface area contributed by atoms with Gasteiger partial charge in [0.2, 0.25) is 0 Å². The lowest BCUT2D eigenvalue weighted by Gasteiger charge is -2.25. The van der Waals surface area contributed by atoms with Gasteiger partial charge in [-0.15, -0.1) is 0 Å². The first-order chi connectivity index (χ1) is 7.95. The van der Waals surface area contributed by atoms with Gasteiger partial charge in [-0.3, -0.25) is 0 Å². The Morgan fingerprint density at radius 1 is 1.12 bits per heavy atom. The van der Waals surface area contributed by atoms with Crippen LogP contribution in [0, 0.1) is 0 Å². The molecule has 1 aliphatic rings. The van der Waals surface area contributed by atoms with Crippen molar-refractivity contribution in [3.05, 3.63) is 27.1 Å². The average molecular weight is 250 g/mol. The molecule has 2 nitrogen and oxygen atoms in total. The van der Waals surface area contributed by atoms with Crippen molar-refractivity contribution in [3.8, 4) is 0 Å². The molecule has 0 radical (unpaired) electrons. The summed E-state index contributed by atoms with van der Waals surface area (Å²) in [7, 11) is -1.55. The fourth-order valence-electron chi connectivity index (χ4n) is 2.79. The van der Waals surface area contributed by atoms with Crippen LogP contribution in [0.2, 0.25) is 19.6 Å². The van der Waals surface area contributed by atoms with Crippen LogP contribution in [0.25, 0.3) is 0 Å². The third kappa shape index (κ3) is 2.25. The normalized spacial score (nSPS) is 15.8. The minimum absolute atomic E-state index is 0.0782. The van der Waals surface area contributed by atoms with Gasteiger partial charge >= 0.3 is 5.63 Å². The maximum Gasteiger partial charge on any atom is 0.338 e. The zero-order valence-electron chi connectivity index (χ0n) is 11.4. The summed E-state index contributed by atoms with van der Waals surface area (Å²) >= 11 is 0. The SMILES string of the molecule is CCc1c2c(c([Si](C)(C)C)oc1=O)CCCC2. The summed E-state index contributed by atoms with van der Waals surface area (Å²) in [5.41, 5.74) is 3.56. The van der Waals surface area contributed by atoms with E-state index in [9.17, 15) is 4.79 Å². The van der Waals surface area contributed by atoms with E-state index in [1.807, 2.05) is 0 Å². The van der Waals surface area contributed by atoms with Crippen molar-refractivity contribution in [2.75, 3.05) is 0 Å². The lowest BCUT2D eigenvalue weighted by molar-refractivity contribution is 0.511. The van der Waals surface area contributed by atoms with Crippen molar-refractivity contribution in [2.45, 2.75) is 58.7 Å². The highest BCUT2D eigenvalue weighted by molar-refractivity contribution is 6.88. The third-order valence-electron chi connectivity index (χ3n) is 3.58. The number of rotatable bonds is 2. The Labute approximate surface area is 104 Å². The van der Waals surface area contributed by atoms with Crippen molar-refractivity contribution in [1.29, 1.82) is 0 Å². The van der Waals surface area contributed by atoms with Crippen molar-refractivity contribution in [1.82, 2.24) is 0 Å². The van der Waals surface area contributed by atoms with Crippen LogP contribution in [-0.2, 0) is 19.3 Å². The Hall–Kier alpha value is -0.833. The summed E-state index contributed by atoms with van der Waals surface area (Å²) in [6.45, 7) is 8.82. The first kappa shape index (κ1) is 12.6. The first-order valence-electron chi connectivity index (χ1n) is 6.63. The molecule has 1 aliphatic carbocycles. The minimum Gasteiger partial charge on any atom is -0.433 e. The van der Waals surface area contributed by atoms with E-state index in [4.69, 9.17) is 4.42 Å². The van der Waals surface area contributed by atoms with E-state index in [2.05, 4.69) is 26.6 Å². The molecule has 94 valence electrons. The van der Waals surface area contributed by atoms with E-state index in [1.165, 1.54) is 24.0 Å². The Morgan fingerprint density at radius 3 is 2.24 bits per heavy atom. The van der Waals surface area contributed by atoms with Crippen molar-refractivity contribution in [2.24, 2.45) is 0 Å². The van der Waals surface area contributed by atoms with Gasteiger partial charge in [-0.1, -0.05) is 26.6 Å². The van der Waals surface area contributed by atoms with E-state index in [0.717, 1.165) is 30.2 Å². The van der Waals surface area contributed by atoms with Crippen LogP contribution in [0.4, 0.5) is 0 Å². The minimum atomic E-state index is -1.55. The monoisotopic (exact) mass is 250 g/mol. The van der Waals surface area contributed by atoms with Gasteiger partial charge in [0.05, 0.1) is 5.38 Å². The maximum absolute atomic E-state index is 12.0. The highest BCUT2D eigenvalue weighted by Gasteiger charge is 2.29. The Balaban J connectivity index is 2.71. The van der Waals surface area contributed by atoms with Gasteiger partial charge in [0.15, 0.2) is 0 Å². The van der Waals surface area contributed by atoms with Gasteiger partial charge in [-0.25, -0.2) is 4.79 Å². The highest BCUT2D eigenvalue weighted by Crippen LogP contribution is 2.23. The fraction of sp³-hybridized carbons (Fsp3) is 0.643.